The van der Waals surface area contributed by atoms with Gasteiger partial charge in [-0.1, -0.05) is 6.07 Å². The molecule has 1 fully saturated rings. The lowest BCUT2D eigenvalue weighted by atomic mass is 10.2. The van der Waals surface area contributed by atoms with Crippen LogP contribution in [-0.2, 0) is 14.6 Å². The average Bonchev–Trinajstić information content (AvgIpc) is 2.80. The number of hydrogen-bond acceptors (Lipinski definition) is 7. The number of amides is 1. The van der Waals surface area contributed by atoms with Crippen LogP contribution in [0, 0.1) is 0 Å². The van der Waals surface area contributed by atoms with Crippen molar-refractivity contribution in [1.29, 1.82) is 0 Å². The zero-order valence-electron chi connectivity index (χ0n) is 17.4. The molecular formula is C22H22N4O5S. The summed E-state index contributed by atoms with van der Waals surface area (Å²) in [5, 5.41) is 2.77. The molecule has 3 aromatic rings. The Hall–Kier alpha value is -3.50. The Balaban J connectivity index is 1.54. The molecule has 1 amide bonds. The maximum Gasteiger partial charge on any atom is 0.257 e. The summed E-state index contributed by atoms with van der Waals surface area (Å²) in [6.45, 7) is 2.84. The van der Waals surface area contributed by atoms with Crippen LogP contribution in [0.25, 0.3) is 5.69 Å². The fraction of sp³-hybridized carbons (Fsp3) is 0.227. The Kier molecular flexibility index (Phi) is 6.06. The second-order valence-corrected chi connectivity index (χ2v) is 9.37. The molecule has 10 heteroatoms. The van der Waals surface area contributed by atoms with Gasteiger partial charge in [0, 0.05) is 37.3 Å². The number of carbonyl (C=O) groups excluding carboxylic acids is 1. The summed E-state index contributed by atoms with van der Waals surface area (Å²) in [6.07, 6.45) is 4.06. The number of pyridine rings is 2. The molecule has 1 N–H and O–H groups in total. The SMILES string of the molecule is CS(=O)(=O)c1cccc(-n2cc(C(=O)Nc3ccc(N4CCOCC4)nc3)ccc2=O)c1. The minimum Gasteiger partial charge on any atom is -0.378 e. The summed E-state index contributed by atoms with van der Waals surface area (Å²) in [7, 11) is -3.44. The van der Waals surface area contributed by atoms with Gasteiger partial charge in [-0.25, -0.2) is 13.4 Å². The lowest BCUT2D eigenvalue weighted by Gasteiger charge is -2.27. The van der Waals surface area contributed by atoms with Crippen molar-refractivity contribution in [2.45, 2.75) is 4.90 Å². The molecule has 166 valence electrons. The molecule has 3 heterocycles. The number of benzene rings is 1. The van der Waals surface area contributed by atoms with Gasteiger partial charge in [-0.05, 0) is 36.4 Å². The van der Waals surface area contributed by atoms with E-state index in [1.54, 1.807) is 24.4 Å². The first-order valence-electron chi connectivity index (χ1n) is 9.94. The minimum absolute atomic E-state index is 0.0863. The fourth-order valence-electron chi connectivity index (χ4n) is 3.33. The number of rotatable bonds is 5. The van der Waals surface area contributed by atoms with Crippen LogP contribution in [-0.4, -0.2) is 56.4 Å². The smallest absolute Gasteiger partial charge is 0.257 e. The van der Waals surface area contributed by atoms with Crippen LogP contribution in [0.4, 0.5) is 11.5 Å². The van der Waals surface area contributed by atoms with Gasteiger partial charge in [0.2, 0.25) is 0 Å². The summed E-state index contributed by atoms with van der Waals surface area (Å²) in [5.74, 6) is 0.393. The Morgan fingerprint density at radius 1 is 1.09 bits per heavy atom. The quantitative estimate of drug-likeness (QED) is 0.625. The fourth-order valence-corrected chi connectivity index (χ4v) is 3.99. The van der Waals surface area contributed by atoms with Gasteiger partial charge in [-0.3, -0.25) is 14.2 Å². The molecule has 0 saturated carbocycles. The maximum atomic E-state index is 12.7. The van der Waals surface area contributed by atoms with E-state index >= 15 is 0 Å². The number of nitrogens with one attached hydrogen (secondary N) is 1. The van der Waals surface area contributed by atoms with Crippen LogP contribution in [0.3, 0.4) is 0 Å². The molecule has 1 aliphatic rings. The van der Waals surface area contributed by atoms with E-state index < -0.39 is 15.7 Å². The molecule has 9 nitrogen and oxygen atoms in total. The van der Waals surface area contributed by atoms with Gasteiger partial charge in [0.15, 0.2) is 9.84 Å². The monoisotopic (exact) mass is 454 g/mol. The molecule has 4 rings (SSSR count). The molecule has 32 heavy (non-hydrogen) atoms. The minimum atomic E-state index is -3.44. The molecule has 0 radical (unpaired) electrons. The second-order valence-electron chi connectivity index (χ2n) is 7.35. The first-order chi connectivity index (χ1) is 15.3. The number of nitrogens with zero attached hydrogens (tertiary/aromatic N) is 3. The Bertz CT molecular complexity index is 1300. The molecular weight excluding hydrogens is 432 g/mol. The molecule has 0 bridgehead atoms. The summed E-state index contributed by atoms with van der Waals surface area (Å²) < 4.78 is 30.3. The molecule has 1 aromatic carbocycles. The van der Waals surface area contributed by atoms with Crippen LogP contribution in [0.1, 0.15) is 10.4 Å². The number of aromatic nitrogens is 2. The van der Waals surface area contributed by atoms with Crippen LogP contribution >= 0.6 is 0 Å². The van der Waals surface area contributed by atoms with E-state index in [0.717, 1.165) is 25.2 Å². The maximum absolute atomic E-state index is 12.7. The molecule has 0 aliphatic carbocycles. The lowest BCUT2D eigenvalue weighted by molar-refractivity contribution is 0.102. The highest BCUT2D eigenvalue weighted by molar-refractivity contribution is 7.90. The topological polar surface area (TPSA) is 111 Å². The van der Waals surface area contributed by atoms with Gasteiger partial charge in [-0.15, -0.1) is 0 Å². The Morgan fingerprint density at radius 2 is 1.88 bits per heavy atom. The van der Waals surface area contributed by atoms with Crippen molar-refractivity contribution in [3.8, 4) is 5.69 Å². The van der Waals surface area contributed by atoms with Gasteiger partial charge < -0.3 is 15.0 Å². The van der Waals surface area contributed by atoms with E-state index in [1.165, 1.54) is 35.0 Å². The highest BCUT2D eigenvalue weighted by Crippen LogP contribution is 2.17. The third kappa shape index (κ3) is 4.87. The van der Waals surface area contributed by atoms with E-state index in [-0.39, 0.29) is 16.0 Å². The third-order valence-electron chi connectivity index (χ3n) is 5.04. The van der Waals surface area contributed by atoms with E-state index in [0.29, 0.717) is 24.6 Å². The largest absolute Gasteiger partial charge is 0.378 e. The number of ether oxygens (including phenoxy) is 1. The standard InChI is InChI=1S/C22H22N4O5S/c1-32(29,30)19-4-2-3-18(13-19)26-15-16(5-8-21(26)27)22(28)24-17-6-7-20(23-14-17)25-9-11-31-12-10-25/h2-8,13-15H,9-12H2,1H3,(H,24,28). The summed E-state index contributed by atoms with van der Waals surface area (Å²) >= 11 is 0. The zero-order valence-corrected chi connectivity index (χ0v) is 18.2. The van der Waals surface area contributed by atoms with Crippen LogP contribution in [0.15, 0.2) is 70.6 Å². The third-order valence-corrected chi connectivity index (χ3v) is 6.15. The van der Waals surface area contributed by atoms with Crippen LogP contribution < -0.4 is 15.8 Å². The molecule has 0 unspecified atom stereocenters. The average molecular weight is 455 g/mol. The zero-order chi connectivity index (χ0) is 22.7. The predicted octanol–water partition coefficient (Wildman–Crippen LogP) is 1.72. The van der Waals surface area contributed by atoms with Gasteiger partial charge in [0.25, 0.3) is 11.5 Å². The van der Waals surface area contributed by atoms with Crippen LogP contribution in [0.5, 0.6) is 0 Å². The normalized spacial score (nSPS) is 14.2. The number of morpholine rings is 1. The van der Waals surface area contributed by atoms with Gasteiger partial charge in [0.05, 0.1) is 35.6 Å². The predicted molar refractivity (Wildman–Crippen MR) is 120 cm³/mol. The van der Waals surface area contributed by atoms with Crippen molar-refractivity contribution in [3.05, 3.63) is 76.8 Å². The summed E-state index contributed by atoms with van der Waals surface area (Å²) in [4.78, 5) is 31.7. The molecule has 1 aliphatic heterocycles. The summed E-state index contributed by atoms with van der Waals surface area (Å²) in [5.41, 5.74) is 0.725. The Labute approximate surface area is 185 Å². The lowest BCUT2D eigenvalue weighted by Crippen LogP contribution is -2.36. The van der Waals surface area contributed by atoms with Crippen LogP contribution in [0.2, 0.25) is 0 Å². The first kappa shape index (κ1) is 21.7. The summed E-state index contributed by atoms with van der Waals surface area (Å²) in [6, 6.07) is 12.3. The highest BCUT2D eigenvalue weighted by Gasteiger charge is 2.14. The molecule has 2 aromatic heterocycles. The molecule has 0 spiro atoms. The number of sulfone groups is 1. The van der Waals surface area contributed by atoms with Gasteiger partial charge in [0.1, 0.15) is 5.82 Å². The molecule has 0 atom stereocenters. The first-order valence-corrected chi connectivity index (χ1v) is 11.8. The number of anilines is 2. The van der Waals surface area contributed by atoms with Gasteiger partial charge in [-0.2, -0.15) is 0 Å². The number of hydrogen-bond donors (Lipinski definition) is 1. The van der Waals surface area contributed by atoms with Crippen molar-refractivity contribution in [2.24, 2.45) is 0 Å². The van der Waals surface area contributed by atoms with Crippen molar-refractivity contribution in [2.75, 3.05) is 42.8 Å². The van der Waals surface area contributed by atoms with Crippen molar-refractivity contribution >= 4 is 27.2 Å². The molecule has 1 saturated heterocycles. The Morgan fingerprint density at radius 3 is 2.56 bits per heavy atom. The highest BCUT2D eigenvalue weighted by atomic mass is 32.2. The van der Waals surface area contributed by atoms with E-state index in [4.69, 9.17) is 4.74 Å². The van der Waals surface area contributed by atoms with Crippen molar-refractivity contribution in [1.82, 2.24) is 9.55 Å². The van der Waals surface area contributed by atoms with E-state index in [9.17, 15) is 18.0 Å². The van der Waals surface area contributed by atoms with Crippen molar-refractivity contribution in [3.63, 3.8) is 0 Å². The van der Waals surface area contributed by atoms with E-state index in [1.807, 2.05) is 6.07 Å². The van der Waals surface area contributed by atoms with Gasteiger partial charge >= 0.3 is 0 Å². The second kappa shape index (κ2) is 8.93. The van der Waals surface area contributed by atoms with E-state index in [2.05, 4.69) is 15.2 Å². The van der Waals surface area contributed by atoms with Crippen molar-refractivity contribution < 1.29 is 17.9 Å². The number of carbonyl (C=O) groups is 1.